The van der Waals surface area contributed by atoms with Crippen molar-refractivity contribution in [2.75, 3.05) is 6.61 Å². The maximum absolute atomic E-state index is 9.51. The van der Waals surface area contributed by atoms with Crippen molar-refractivity contribution in [2.45, 2.75) is 42.6 Å². The van der Waals surface area contributed by atoms with E-state index in [2.05, 4.69) is 15.9 Å². The Hall–Kier alpha value is 0.240. The van der Waals surface area contributed by atoms with E-state index in [0.717, 1.165) is 0 Å². The molecule has 0 aromatic rings. The summed E-state index contributed by atoms with van der Waals surface area (Å²) in [4.78, 5) is 0. The second kappa shape index (κ2) is 5.53. The van der Waals surface area contributed by atoms with Gasteiger partial charge in [-0.2, -0.15) is 0 Å². The van der Waals surface area contributed by atoms with E-state index < -0.39 is 37.3 Å². The molecule has 2 unspecified atom stereocenters. The van der Waals surface area contributed by atoms with E-state index in [1.807, 2.05) is 0 Å². The molecule has 0 aromatic carbocycles. The predicted molar refractivity (Wildman–Crippen MR) is 53.2 cm³/mol. The highest BCUT2D eigenvalue weighted by Crippen LogP contribution is 2.23. The van der Waals surface area contributed by atoms with Crippen molar-refractivity contribution in [3.05, 3.63) is 0 Å². The molecule has 1 heterocycles. The largest absolute Gasteiger partial charge is 0.394 e. The summed E-state index contributed by atoms with van der Waals surface area (Å²) in [7, 11) is 0. The lowest BCUT2D eigenvalue weighted by molar-refractivity contribution is -0.302. The van der Waals surface area contributed by atoms with Gasteiger partial charge in [0.15, 0.2) is 6.29 Å². The van der Waals surface area contributed by atoms with Gasteiger partial charge in [-0.3, -0.25) is 0 Å². The minimum atomic E-state index is -1.40. The Balaban J connectivity index is 2.65. The van der Waals surface area contributed by atoms with Crippen molar-refractivity contribution in [2.24, 2.45) is 0 Å². The van der Waals surface area contributed by atoms with Crippen LogP contribution in [0, 0.1) is 0 Å². The summed E-state index contributed by atoms with van der Waals surface area (Å²) in [6, 6.07) is 0. The van der Waals surface area contributed by atoms with Gasteiger partial charge >= 0.3 is 0 Å². The highest BCUT2D eigenvalue weighted by Gasteiger charge is 2.44. The summed E-state index contributed by atoms with van der Waals surface area (Å²) in [6.45, 7) is 1.21. The number of aliphatic hydroxyl groups is 4. The van der Waals surface area contributed by atoms with Gasteiger partial charge in [-0.1, -0.05) is 15.9 Å². The molecule has 0 bridgehead atoms. The fourth-order valence-corrected chi connectivity index (χ4v) is 1.58. The summed E-state index contributed by atoms with van der Waals surface area (Å²) in [6.07, 6.45) is -6.10. The van der Waals surface area contributed by atoms with Gasteiger partial charge in [0.05, 0.1) is 6.61 Å². The summed E-state index contributed by atoms with van der Waals surface area (Å²) < 4.78 is 10.2. The van der Waals surface area contributed by atoms with Crippen LogP contribution in [0.15, 0.2) is 0 Å². The van der Waals surface area contributed by atoms with E-state index in [0.29, 0.717) is 0 Å². The van der Waals surface area contributed by atoms with Crippen LogP contribution in [0.5, 0.6) is 0 Å². The van der Waals surface area contributed by atoms with Gasteiger partial charge in [0.2, 0.25) is 0 Å². The average Bonchev–Trinajstić information content (AvgIpc) is 2.18. The van der Waals surface area contributed by atoms with E-state index in [1.54, 1.807) is 6.92 Å². The first kappa shape index (κ1) is 13.3. The Morgan fingerprint density at radius 1 is 1.27 bits per heavy atom. The van der Waals surface area contributed by atoms with Crippen molar-refractivity contribution in [3.63, 3.8) is 0 Å². The third-order valence-corrected chi connectivity index (χ3v) is 2.39. The molecule has 0 aromatic heterocycles. The van der Waals surface area contributed by atoms with Crippen LogP contribution in [0.1, 0.15) is 6.92 Å². The predicted octanol–water partition coefficient (Wildman–Crippen LogP) is -1.46. The second-order valence-electron chi connectivity index (χ2n) is 3.38. The van der Waals surface area contributed by atoms with E-state index in [4.69, 9.17) is 14.6 Å². The molecule has 90 valence electrons. The smallest absolute Gasteiger partial charge is 0.188 e. The summed E-state index contributed by atoms with van der Waals surface area (Å²) in [5.74, 6) is 0. The number of alkyl halides is 1. The van der Waals surface area contributed by atoms with Crippen molar-refractivity contribution < 1.29 is 29.9 Å². The number of hydrogen-bond donors (Lipinski definition) is 4. The molecule has 1 rings (SSSR count). The molecule has 1 aliphatic rings. The van der Waals surface area contributed by atoms with Crippen LogP contribution in [0.25, 0.3) is 0 Å². The molecule has 4 N–H and O–H groups in total. The molecule has 6 atom stereocenters. The van der Waals surface area contributed by atoms with Gasteiger partial charge in [-0.05, 0) is 6.92 Å². The molecule has 1 fully saturated rings. The molecule has 0 amide bonds. The normalized spacial score (nSPS) is 44.0. The first-order chi connectivity index (χ1) is 6.97. The highest BCUT2D eigenvalue weighted by molar-refractivity contribution is 9.09. The van der Waals surface area contributed by atoms with Crippen LogP contribution in [-0.2, 0) is 9.47 Å². The quantitative estimate of drug-likeness (QED) is 0.474. The zero-order valence-corrected chi connectivity index (χ0v) is 9.74. The topological polar surface area (TPSA) is 99.4 Å². The van der Waals surface area contributed by atoms with Gasteiger partial charge in [-0.15, -0.1) is 0 Å². The Bertz CT molecular complexity index is 200. The number of aliphatic hydroxyl groups excluding tert-OH is 4. The lowest BCUT2D eigenvalue weighted by atomic mass is 9.99. The van der Waals surface area contributed by atoms with E-state index in [-0.39, 0.29) is 5.01 Å². The fourth-order valence-electron chi connectivity index (χ4n) is 1.36. The molecule has 7 heteroatoms. The summed E-state index contributed by atoms with van der Waals surface area (Å²) >= 11 is 3.09. The minimum absolute atomic E-state index is 0.376. The zero-order chi connectivity index (χ0) is 11.6. The molecular formula is C8H15BrO6. The Kier molecular flexibility index (Phi) is 4.91. The van der Waals surface area contributed by atoms with Crippen molar-refractivity contribution >= 4 is 15.9 Å². The maximum atomic E-state index is 9.51. The third kappa shape index (κ3) is 3.10. The number of hydrogen-bond acceptors (Lipinski definition) is 6. The van der Waals surface area contributed by atoms with Crippen LogP contribution >= 0.6 is 15.9 Å². The molecule has 0 spiro atoms. The van der Waals surface area contributed by atoms with Crippen LogP contribution in [0.2, 0.25) is 0 Å². The first-order valence-corrected chi connectivity index (χ1v) is 5.49. The van der Waals surface area contributed by atoms with Crippen LogP contribution in [0.4, 0.5) is 0 Å². The lowest BCUT2D eigenvalue weighted by Gasteiger charge is -2.39. The summed E-state index contributed by atoms with van der Waals surface area (Å²) in [5, 5.41) is 36.8. The highest BCUT2D eigenvalue weighted by atomic mass is 79.9. The Morgan fingerprint density at radius 2 is 1.87 bits per heavy atom. The second-order valence-corrected chi connectivity index (χ2v) is 4.67. The average molecular weight is 287 g/mol. The fraction of sp³-hybridized carbons (Fsp3) is 1.00. The van der Waals surface area contributed by atoms with Crippen molar-refractivity contribution in [1.82, 2.24) is 0 Å². The van der Waals surface area contributed by atoms with Gasteiger partial charge in [0.1, 0.15) is 29.4 Å². The monoisotopic (exact) mass is 286 g/mol. The molecule has 6 nitrogen and oxygen atoms in total. The number of rotatable bonds is 3. The zero-order valence-electron chi connectivity index (χ0n) is 8.15. The maximum Gasteiger partial charge on any atom is 0.188 e. The van der Waals surface area contributed by atoms with E-state index in [1.165, 1.54) is 0 Å². The molecular weight excluding hydrogens is 272 g/mol. The van der Waals surface area contributed by atoms with E-state index >= 15 is 0 Å². The molecule has 0 saturated carbocycles. The van der Waals surface area contributed by atoms with Gasteiger partial charge in [0, 0.05) is 0 Å². The standard InChI is InChI=1S/C8H15BrO6/c1-3(9)14-8-7(13)6(12)5(11)4(2-10)15-8/h3-8,10-13H,2H2,1H3/t3?,4-,5-,6+,7+,8?/m1/s1. The number of halogens is 1. The molecule has 1 aliphatic heterocycles. The Labute approximate surface area is 95.6 Å². The van der Waals surface area contributed by atoms with Gasteiger partial charge in [0.25, 0.3) is 0 Å². The van der Waals surface area contributed by atoms with E-state index in [9.17, 15) is 15.3 Å². The molecule has 15 heavy (non-hydrogen) atoms. The van der Waals surface area contributed by atoms with Crippen LogP contribution in [-0.4, -0.2) is 62.8 Å². The van der Waals surface area contributed by atoms with Gasteiger partial charge < -0.3 is 29.9 Å². The first-order valence-electron chi connectivity index (χ1n) is 4.57. The van der Waals surface area contributed by atoms with Crippen LogP contribution < -0.4 is 0 Å². The summed E-state index contributed by atoms with van der Waals surface area (Å²) in [5.41, 5.74) is 0. The lowest BCUT2D eigenvalue weighted by Crippen LogP contribution is -2.59. The SMILES string of the molecule is CC(Br)OC1O[C@H](CO)[C@@H](O)[C@H](O)[C@@H]1O. The molecule has 0 radical (unpaired) electrons. The van der Waals surface area contributed by atoms with Crippen molar-refractivity contribution in [1.29, 1.82) is 0 Å². The van der Waals surface area contributed by atoms with Crippen LogP contribution in [0.3, 0.4) is 0 Å². The third-order valence-electron chi connectivity index (χ3n) is 2.17. The molecule has 0 aliphatic carbocycles. The van der Waals surface area contributed by atoms with Gasteiger partial charge in [-0.25, -0.2) is 0 Å². The number of ether oxygens (including phenoxy) is 2. The Morgan fingerprint density at radius 3 is 2.33 bits per heavy atom. The van der Waals surface area contributed by atoms with Crippen molar-refractivity contribution in [3.8, 4) is 0 Å². The molecule has 1 saturated heterocycles. The minimum Gasteiger partial charge on any atom is -0.394 e.